The van der Waals surface area contributed by atoms with Gasteiger partial charge in [-0.2, -0.15) is 11.8 Å². The minimum Gasteiger partial charge on any atom is -0.313 e. The van der Waals surface area contributed by atoms with E-state index < -0.39 is 0 Å². The van der Waals surface area contributed by atoms with Crippen LogP contribution in [0.25, 0.3) is 0 Å². The van der Waals surface area contributed by atoms with E-state index in [0.29, 0.717) is 0 Å². The molecule has 0 unspecified atom stereocenters. The van der Waals surface area contributed by atoms with Gasteiger partial charge in [-0.05, 0) is 26.0 Å². The van der Waals surface area contributed by atoms with Gasteiger partial charge in [0.2, 0.25) is 0 Å². The van der Waals surface area contributed by atoms with Crippen molar-refractivity contribution in [2.24, 2.45) is 0 Å². The van der Waals surface area contributed by atoms with E-state index in [2.05, 4.69) is 50.9 Å². The molecule has 0 radical (unpaired) electrons. The standard InChI is InChI=1S/C15H23NS/c1-5-16-9-14(4)10-17-11-15-7-12(2)6-13(3)8-15/h6-8,16H,4-5,9-11H2,1-3H3. The van der Waals surface area contributed by atoms with Crippen molar-refractivity contribution in [3.8, 4) is 0 Å². The van der Waals surface area contributed by atoms with Crippen molar-refractivity contribution in [3.63, 3.8) is 0 Å². The Morgan fingerprint density at radius 3 is 2.47 bits per heavy atom. The van der Waals surface area contributed by atoms with Gasteiger partial charge in [0.25, 0.3) is 0 Å². The van der Waals surface area contributed by atoms with Crippen LogP contribution in [0.5, 0.6) is 0 Å². The van der Waals surface area contributed by atoms with Crippen LogP contribution < -0.4 is 5.32 Å². The van der Waals surface area contributed by atoms with Crippen LogP contribution in [-0.4, -0.2) is 18.8 Å². The van der Waals surface area contributed by atoms with Crippen molar-refractivity contribution in [2.45, 2.75) is 26.5 Å². The highest BCUT2D eigenvalue weighted by molar-refractivity contribution is 7.98. The highest BCUT2D eigenvalue weighted by Crippen LogP contribution is 2.17. The minimum absolute atomic E-state index is 0.941. The molecule has 1 aromatic rings. The molecule has 0 saturated heterocycles. The highest BCUT2D eigenvalue weighted by atomic mass is 32.2. The van der Waals surface area contributed by atoms with E-state index in [1.165, 1.54) is 22.3 Å². The average molecular weight is 249 g/mol. The van der Waals surface area contributed by atoms with E-state index in [1.54, 1.807) is 0 Å². The fraction of sp³-hybridized carbons (Fsp3) is 0.467. The molecule has 0 spiro atoms. The Labute approximate surface area is 110 Å². The number of aryl methyl sites for hydroxylation is 2. The lowest BCUT2D eigenvalue weighted by Crippen LogP contribution is -2.16. The Morgan fingerprint density at radius 2 is 1.88 bits per heavy atom. The summed E-state index contributed by atoms with van der Waals surface area (Å²) >= 11 is 1.94. The summed E-state index contributed by atoms with van der Waals surface area (Å²) in [5.74, 6) is 2.12. The Kier molecular flexibility index (Phi) is 6.38. The third-order valence-corrected chi connectivity index (χ3v) is 3.63. The highest BCUT2D eigenvalue weighted by Gasteiger charge is 1.98. The van der Waals surface area contributed by atoms with Crippen LogP contribution in [0.2, 0.25) is 0 Å². The maximum Gasteiger partial charge on any atom is 0.0187 e. The zero-order valence-electron chi connectivity index (χ0n) is 11.2. The maximum absolute atomic E-state index is 4.08. The summed E-state index contributed by atoms with van der Waals surface area (Å²) in [6.45, 7) is 12.5. The van der Waals surface area contributed by atoms with E-state index >= 15 is 0 Å². The zero-order chi connectivity index (χ0) is 12.7. The lowest BCUT2D eigenvalue weighted by Gasteiger charge is -2.07. The number of nitrogens with one attached hydrogen (secondary N) is 1. The van der Waals surface area contributed by atoms with E-state index in [9.17, 15) is 0 Å². The molecule has 0 aliphatic heterocycles. The fourth-order valence-corrected chi connectivity index (χ4v) is 2.71. The monoisotopic (exact) mass is 249 g/mol. The molecule has 1 rings (SSSR count). The molecule has 17 heavy (non-hydrogen) atoms. The molecule has 0 bridgehead atoms. The molecule has 0 atom stereocenters. The van der Waals surface area contributed by atoms with Gasteiger partial charge in [0.15, 0.2) is 0 Å². The van der Waals surface area contributed by atoms with Crippen molar-refractivity contribution in [1.29, 1.82) is 0 Å². The predicted molar refractivity (Wildman–Crippen MR) is 79.8 cm³/mol. The van der Waals surface area contributed by atoms with Crippen LogP contribution in [0.4, 0.5) is 0 Å². The van der Waals surface area contributed by atoms with E-state index in [-0.39, 0.29) is 0 Å². The number of benzene rings is 1. The van der Waals surface area contributed by atoms with Gasteiger partial charge in [0.1, 0.15) is 0 Å². The Hall–Kier alpha value is -0.730. The largest absolute Gasteiger partial charge is 0.313 e. The van der Waals surface area contributed by atoms with Crippen molar-refractivity contribution >= 4 is 11.8 Å². The van der Waals surface area contributed by atoms with E-state index in [4.69, 9.17) is 0 Å². The van der Waals surface area contributed by atoms with Crippen LogP contribution in [0, 0.1) is 13.8 Å². The lowest BCUT2D eigenvalue weighted by molar-refractivity contribution is 0.779. The van der Waals surface area contributed by atoms with Gasteiger partial charge in [-0.1, -0.05) is 48.4 Å². The van der Waals surface area contributed by atoms with Crippen LogP contribution in [0.3, 0.4) is 0 Å². The summed E-state index contributed by atoms with van der Waals surface area (Å²) in [4.78, 5) is 0. The van der Waals surface area contributed by atoms with Crippen molar-refractivity contribution in [2.75, 3.05) is 18.8 Å². The van der Waals surface area contributed by atoms with Crippen LogP contribution >= 0.6 is 11.8 Å². The smallest absolute Gasteiger partial charge is 0.0187 e. The summed E-state index contributed by atoms with van der Waals surface area (Å²) in [5, 5.41) is 3.30. The Bertz CT molecular complexity index is 351. The lowest BCUT2D eigenvalue weighted by atomic mass is 10.1. The van der Waals surface area contributed by atoms with Crippen LogP contribution in [-0.2, 0) is 5.75 Å². The normalized spacial score (nSPS) is 10.5. The average Bonchev–Trinajstić information content (AvgIpc) is 2.25. The number of hydrogen-bond donors (Lipinski definition) is 1. The third kappa shape index (κ3) is 5.94. The van der Waals surface area contributed by atoms with Gasteiger partial charge in [-0.3, -0.25) is 0 Å². The molecule has 1 aromatic carbocycles. The first-order chi connectivity index (χ1) is 8.11. The van der Waals surface area contributed by atoms with Crippen LogP contribution in [0.1, 0.15) is 23.6 Å². The molecule has 0 saturated carbocycles. The van der Waals surface area contributed by atoms with Gasteiger partial charge in [0, 0.05) is 18.1 Å². The molecule has 2 heteroatoms. The number of hydrogen-bond acceptors (Lipinski definition) is 2. The van der Waals surface area contributed by atoms with E-state index in [0.717, 1.165) is 24.6 Å². The van der Waals surface area contributed by atoms with Crippen molar-refractivity contribution in [3.05, 3.63) is 47.0 Å². The molecule has 0 aliphatic carbocycles. The summed E-state index contributed by atoms with van der Waals surface area (Å²) < 4.78 is 0. The SMILES string of the molecule is C=C(CNCC)CSCc1cc(C)cc(C)c1. The zero-order valence-corrected chi connectivity index (χ0v) is 12.0. The molecule has 0 aliphatic rings. The topological polar surface area (TPSA) is 12.0 Å². The first-order valence-electron chi connectivity index (χ1n) is 6.14. The van der Waals surface area contributed by atoms with Gasteiger partial charge >= 0.3 is 0 Å². The first kappa shape index (κ1) is 14.3. The van der Waals surface area contributed by atoms with E-state index in [1.807, 2.05) is 11.8 Å². The van der Waals surface area contributed by atoms with Crippen molar-refractivity contribution < 1.29 is 0 Å². The van der Waals surface area contributed by atoms with Gasteiger partial charge < -0.3 is 5.32 Å². The number of thioether (sulfide) groups is 1. The Morgan fingerprint density at radius 1 is 1.24 bits per heavy atom. The van der Waals surface area contributed by atoms with Crippen molar-refractivity contribution in [1.82, 2.24) is 5.32 Å². The second-order valence-corrected chi connectivity index (χ2v) is 5.50. The Balaban J connectivity index is 2.33. The predicted octanol–water partition coefficient (Wildman–Crippen LogP) is 3.70. The molecule has 1 nitrogen and oxygen atoms in total. The second kappa shape index (κ2) is 7.57. The summed E-state index contributed by atoms with van der Waals surface area (Å²) in [5.41, 5.74) is 5.41. The van der Waals surface area contributed by atoms with Crippen LogP contribution in [0.15, 0.2) is 30.4 Å². The summed E-state index contributed by atoms with van der Waals surface area (Å²) in [6, 6.07) is 6.76. The fourth-order valence-electron chi connectivity index (χ4n) is 1.82. The quantitative estimate of drug-likeness (QED) is 0.739. The van der Waals surface area contributed by atoms with Gasteiger partial charge in [-0.25, -0.2) is 0 Å². The summed E-state index contributed by atoms with van der Waals surface area (Å²) in [6.07, 6.45) is 0. The third-order valence-electron chi connectivity index (χ3n) is 2.48. The molecule has 0 fully saturated rings. The van der Waals surface area contributed by atoms with Gasteiger partial charge in [-0.15, -0.1) is 0 Å². The molecule has 0 heterocycles. The number of rotatable bonds is 7. The first-order valence-corrected chi connectivity index (χ1v) is 7.29. The molecular formula is C15H23NS. The molecule has 94 valence electrons. The minimum atomic E-state index is 0.941. The number of likely N-dealkylation sites (N-methyl/N-ethyl adjacent to an activating group) is 1. The molecule has 0 amide bonds. The molecule has 0 aromatic heterocycles. The molecular weight excluding hydrogens is 226 g/mol. The maximum atomic E-state index is 4.08. The van der Waals surface area contributed by atoms with Gasteiger partial charge in [0.05, 0.1) is 0 Å². The second-order valence-electron chi connectivity index (χ2n) is 4.52. The molecule has 1 N–H and O–H groups in total. The summed E-state index contributed by atoms with van der Waals surface area (Å²) in [7, 11) is 0.